The molecule has 2 N–H and O–H groups in total. The standard InChI is InChI=1S/C12H14ClN3O4S/c1-8-9(6-17)4-10(13)5-11(8)21(18,19)15-3-2-12-14-7-20-16-12/h4-5,7,15,17H,2-3,6H2,1H3. The summed E-state index contributed by atoms with van der Waals surface area (Å²) >= 11 is 5.89. The average Bonchev–Trinajstić information content (AvgIpc) is 2.93. The smallest absolute Gasteiger partial charge is 0.240 e. The van der Waals surface area contributed by atoms with Gasteiger partial charge < -0.3 is 9.63 Å². The molecule has 7 nitrogen and oxygen atoms in total. The quantitative estimate of drug-likeness (QED) is 0.819. The third kappa shape index (κ3) is 3.79. The molecule has 0 fully saturated rings. The number of rotatable bonds is 6. The third-order valence-electron chi connectivity index (χ3n) is 2.94. The summed E-state index contributed by atoms with van der Waals surface area (Å²) in [4.78, 5) is 3.85. The van der Waals surface area contributed by atoms with Crippen LogP contribution in [0.5, 0.6) is 0 Å². The van der Waals surface area contributed by atoms with Gasteiger partial charge in [-0.05, 0) is 30.2 Å². The minimum Gasteiger partial charge on any atom is -0.392 e. The lowest BCUT2D eigenvalue weighted by molar-refractivity contribution is 0.280. The first-order chi connectivity index (χ1) is 9.94. The fourth-order valence-corrected chi connectivity index (χ4v) is 3.48. The summed E-state index contributed by atoms with van der Waals surface area (Å²) < 4.78 is 31.6. The van der Waals surface area contributed by atoms with E-state index in [1.807, 2.05) is 0 Å². The molecule has 21 heavy (non-hydrogen) atoms. The Labute approximate surface area is 127 Å². The maximum absolute atomic E-state index is 12.3. The van der Waals surface area contributed by atoms with Crippen molar-refractivity contribution in [2.75, 3.05) is 6.54 Å². The number of nitrogens with one attached hydrogen (secondary N) is 1. The van der Waals surface area contributed by atoms with E-state index in [1.54, 1.807) is 6.92 Å². The van der Waals surface area contributed by atoms with E-state index >= 15 is 0 Å². The van der Waals surface area contributed by atoms with Gasteiger partial charge in [0, 0.05) is 18.0 Å². The first-order valence-corrected chi connectivity index (χ1v) is 7.95. The fourth-order valence-electron chi connectivity index (χ4n) is 1.83. The van der Waals surface area contributed by atoms with Gasteiger partial charge in [-0.3, -0.25) is 0 Å². The highest BCUT2D eigenvalue weighted by Gasteiger charge is 2.19. The van der Waals surface area contributed by atoms with E-state index in [0.29, 0.717) is 23.4 Å². The van der Waals surface area contributed by atoms with Crippen LogP contribution in [0, 0.1) is 6.92 Å². The molecule has 2 aromatic rings. The second-order valence-electron chi connectivity index (χ2n) is 4.34. The molecule has 0 atom stereocenters. The van der Waals surface area contributed by atoms with Crippen LogP contribution < -0.4 is 4.72 Å². The second-order valence-corrected chi connectivity index (χ2v) is 6.51. The second kappa shape index (κ2) is 6.52. The van der Waals surface area contributed by atoms with Gasteiger partial charge >= 0.3 is 0 Å². The van der Waals surface area contributed by atoms with Crippen LogP contribution in [0.15, 0.2) is 27.9 Å². The fraction of sp³-hybridized carbons (Fsp3) is 0.333. The van der Waals surface area contributed by atoms with Gasteiger partial charge in [0.15, 0.2) is 5.82 Å². The van der Waals surface area contributed by atoms with E-state index in [0.717, 1.165) is 0 Å². The number of nitrogens with zero attached hydrogens (tertiary/aromatic N) is 2. The summed E-state index contributed by atoms with van der Waals surface area (Å²) in [5.74, 6) is 0.413. The monoisotopic (exact) mass is 331 g/mol. The number of aliphatic hydroxyl groups excluding tert-OH is 1. The normalized spacial score (nSPS) is 11.8. The van der Waals surface area contributed by atoms with Crippen molar-refractivity contribution in [1.82, 2.24) is 14.9 Å². The molecule has 0 aliphatic carbocycles. The minimum atomic E-state index is -3.73. The number of aromatic nitrogens is 2. The van der Waals surface area contributed by atoms with Gasteiger partial charge in [-0.25, -0.2) is 13.1 Å². The van der Waals surface area contributed by atoms with E-state index in [9.17, 15) is 13.5 Å². The van der Waals surface area contributed by atoms with Crippen LogP contribution in [-0.2, 0) is 23.1 Å². The highest BCUT2D eigenvalue weighted by atomic mass is 35.5. The van der Waals surface area contributed by atoms with Crippen molar-refractivity contribution in [1.29, 1.82) is 0 Å². The zero-order chi connectivity index (χ0) is 15.5. The lowest BCUT2D eigenvalue weighted by Gasteiger charge is -2.12. The predicted molar refractivity (Wildman–Crippen MR) is 75.3 cm³/mol. The molecule has 0 saturated carbocycles. The number of benzene rings is 1. The molecule has 0 saturated heterocycles. The number of sulfonamides is 1. The predicted octanol–water partition coefficient (Wildman–Crippen LogP) is 1.04. The van der Waals surface area contributed by atoms with Crippen molar-refractivity contribution in [3.8, 4) is 0 Å². The van der Waals surface area contributed by atoms with Gasteiger partial charge in [-0.1, -0.05) is 16.8 Å². The number of halogens is 1. The summed E-state index contributed by atoms with van der Waals surface area (Å²) in [6, 6.07) is 2.89. The van der Waals surface area contributed by atoms with Gasteiger partial charge in [0.1, 0.15) is 0 Å². The minimum absolute atomic E-state index is 0.0483. The Bertz CT molecular complexity index is 716. The topological polar surface area (TPSA) is 105 Å². The van der Waals surface area contributed by atoms with E-state index < -0.39 is 10.0 Å². The average molecular weight is 332 g/mol. The molecule has 1 aromatic heterocycles. The molecule has 0 amide bonds. The van der Waals surface area contributed by atoms with Crippen LogP contribution in [0.3, 0.4) is 0 Å². The summed E-state index contributed by atoms with van der Waals surface area (Å²) in [5.41, 5.74) is 0.940. The molecular formula is C12H14ClN3O4S. The van der Waals surface area contributed by atoms with E-state index in [4.69, 9.17) is 11.6 Å². The maximum Gasteiger partial charge on any atom is 0.240 e. The van der Waals surface area contributed by atoms with Gasteiger partial charge in [0.2, 0.25) is 16.4 Å². The first-order valence-electron chi connectivity index (χ1n) is 6.09. The van der Waals surface area contributed by atoms with Crippen molar-refractivity contribution in [2.45, 2.75) is 24.8 Å². The largest absolute Gasteiger partial charge is 0.392 e. The zero-order valence-corrected chi connectivity index (χ0v) is 12.8. The first kappa shape index (κ1) is 15.9. The molecule has 0 aliphatic rings. The highest BCUT2D eigenvalue weighted by molar-refractivity contribution is 7.89. The molecule has 0 radical (unpaired) electrons. The Morgan fingerprint density at radius 1 is 1.43 bits per heavy atom. The molecule has 2 rings (SSSR count). The summed E-state index contributed by atoms with van der Waals surface area (Å²) in [7, 11) is -3.73. The lowest BCUT2D eigenvalue weighted by atomic mass is 10.1. The van der Waals surface area contributed by atoms with Crippen LogP contribution in [-0.4, -0.2) is 30.2 Å². The Morgan fingerprint density at radius 2 is 2.19 bits per heavy atom. The van der Waals surface area contributed by atoms with E-state index in [2.05, 4.69) is 19.4 Å². The summed E-state index contributed by atoms with van der Waals surface area (Å²) in [5, 5.41) is 13.1. The van der Waals surface area contributed by atoms with Crippen LogP contribution in [0.4, 0.5) is 0 Å². The summed E-state index contributed by atoms with van der Waals surface area (Å²) in [6.07, 6.45) is 1.49. The van der Waals surface area contributed by atoms with Gasteiger partial charge in [-0.2, -0.15) is 4.98 Å². The van der Waals surface area contributed by atoms with E-state index in [-0.39, 0.29) is 23.1 Å². The molecule has 0 bridgehead atoms. The third-order valence-corrected chi connectivity index (χ3v) is 4.75. The van der Waals surface area contributed by atoms with Crippen molar-refractivity contribution < 1.29 is 18.0 Å². The van der Waals surface area contributed by atoms with E-state index in [1.165, 1.54) is 18.5 Å². The van der Waals surface area contributed by atoms with Gasteiger partial charge in [0.05, 0.1) is 11.5 Å². The van der Waals surface area contributed by atoms with Crippen LogP contribution in [0.2, 0.25) is 5.02 Å². The Kier molecular flexibility index (Phi) is 4.94. The molecule has 114 valence electrons. The van der Waals surface area contributed by atoms with Crippen LogP contribution in [0.25, 0.3) is 0 Å². The molecule has 0 spiro atoms. The molecular weight excluding hydrogens is 318 g/mol. The summed E-state index contributed by atoms with van der Waals surface area (Å²) in [6.45, 7) is 1.47. The molecule has 9 heteroatoms. The zero-order valence-electron chi connectivity index (χ0n) is 11.2. The number of hydrogen-bond acceptors (Lipinski definition) is 6. The Hall–Kier alpha value is -1.48. The Morgan fingerprint density at radius 3 is 2.81 bits per heavy atom. The van der Waals surface area contributed by atoms with Crippen molar-refractivity contribution in [3.63, 3.8) is 0 Å². The van der Waals surface area contributed by atoms with Crippen LogP contribution >= 0.6 is 11.6 Å². The van der Waals surface area contributed by atoms with Crippen LogP contribution in [0.1, 0.15) is 17.0 Å². The van der Waals surface area contributed by atoms with Gasteiger partial charge in [-0.15, -0.1) is 0 Å². The highest BCUT2D eigenvalue weighted by Crippen LogP contribution is 2.24. The number of aliphatic hydroxyl groups is 1. The molecule has 0 unspecified atom stereocenters. The lowest BCUT2D eigenvalue weighted by Crippen LogP contribution is -2.27. The number of hydrogen-bond donors (Lipinski definition) is 2. The molecule has 0 aliphatic heterocycles. The maximum atomic E-state index is 12.3. The molecule has 1 heterocycles. The SMILES string of the molecule is Cc1c(CO)cc(Cl)cc1S(=O)(=O)NCCc1ncon1. The van der Waals surface area contributed by atoms with Crippen molar-refractivity contribution >= 4 is 21.6 Å². The van der Waals surface area contributed by atoms with Gasteiger partial charge in [0.25, 0.3) is 0 Å². The Balaban J connectivity index is 2.17. The molecule has 1 aromatic carbocycles. The van der Waals surface area contributed by atoms with Crippen molar-refractivity contribution in [2.24, 2.45) is 0 Å². The van der Waals surface area contributed by atoms with Crippen molar-refractivity contribution in [3.05, 3.63) is 40.5 Å².